The normalized spacial score (nSPS) is 18.9. The van der Waals surface area contributed by atoms with E-state index in [-0.39, 0.29) is 11.4 Å². The van der Waals surface area contributed by atoms with Crippen molar-refractivity contribution in [3.63, 3.8) is 0 Å². The summed E-state index contributed by atoms with van der Waals surface area (Å²) in [4.78, 5) is 43.2. The van der Waals surface area contributed by atoms with Crippen LogP contribution in [0.1, 0.15) is 24.8 Å². The Bertz CT molecular complexity index is 746. The molecule has 0 saturated carbocycles. The van der Waals surface area contributed by atoms with Crippen molar-refractivity contribution in [3.8, 4) is 5.75 Å². The molecular formula is C16H18NO6P. The average molecular weight is 351 g/mol. The molecule has 2 unspecified atom stereocenters. The van der Waals surface area contributed by atoms with Crippen molar-refractivity contribution in [1.29, 1.82) is 0 Å². The fraction of sp³-hybridized carbons (Fsp3) is 0.250. The van der Waals surface area contributed by atoms with Crippen molar-refractivity contribution >= 4 is 19.3 Å². The van der Waals surface area contributed by atoms with Gasteiger partial charge in [0.05, 0.1) is 0 Å². The van der Waals surface area contributed by atoms with Crippen molar-refractivity contribution in [2.24, 2.45) is 5.92 Å². The molecule has 8 heteroatoms. The summed E-state index contributed by atoms with van der Waals surface area (Å²) in [5, 5.41) is 11.3. The molecule has 0 aliphatic heterocycles. The summed E-state index contributed by atoms with van der Waals surface area (Å²) in [6, 6.07) is 6.06. The van der Waals surface area contributed by atoms with Crippen molar-refractivity contribution < 1.29 is 29.0 Å². The number of carbonyl (C=O) groups excluding carboxylic acids is 2. The summed E-state index contributed by atoms with van der Waals surface area (Å²) >= 11 is 0. The average Bonchev–Trinajstić information content (AvgIpc) is 2.48. The number of benzene rings is 1. The first-order valence-corrected chi connectivity index (χ1v) is 8.92. The lowest BCUT2D eigenvalue weighted by molar-refractivity contribution is -0.130. The van der Waals surface area contributed by atoms with Gasteiger partial charge in [0.25, 0.3) is 0 Å². The molecule has 0 fully saturated rings. The molecule has 0 heterocycles. The highest BCUT2D eigenvalue weighted by molar-refractivity contribution is 7.49. The van der Waals surface area contributed by atoms with E-state index >= 15 is 0 Å². The Morgan fingerprint density at radius 1 is 1.29 bits per heavy atom. The number of Topliss-reactive ketones (excluding diaryl/α,β-unsaturated/α-hetero) is 1. The Morgan fingerprint density at radius 3 is 2.46 bits per heavy atom. The number of phenolic OH excluding ortho intramolecular Hbond substituents is 1. The first-order valence-electron chi connectivity index (χ1n) is 7.31. The summed E-state index contributed by atoms with van der Waals surface area (Å²) in [6.45, 7) is 1.78. The van der Waals surface area contributed by atoms with Gasteiger partial charge in [-0.3, -0.25) is 14.7 Å². The van der Waals surface area contributed by atoms with E-state index in [1.165, 1.54) is 30.4 Å². The molecule has 1 aliphatic carbocycles. The van der Waals surface area contributed by atoms with Crippen LogP contribution in [0.15, 0.2) is 48.2 Å². The van der Waals surface area contributed by atoms with Crippen molar-refractivity contribution in [1.82, 2.24) is 5.09 Å². The van der Waals surface area contributed by atoms with E-state index in [2.05, 4.69) is 0 Å². The van der Waals surface area contributed by atoms with Gasteiger partial charge in [-0.05, 0) is 36.3 Å². The van der Waals surface area contributed by atoms with Crippen molar-refractivity contribution in [3.05, 3.63) is 53.8 Å². The van der Waals surface area contributed by atoms with Crippen LogP contribution < -0.4 is 5.09 Å². The van der Waals surface area contributed by atoms with Gasteiger partial charge in [0, 0.05) is 11.6 Å². The number of ketones is 2. The molecule has 0 radical (unpaired) electrons. The Labute approximate surface area is 138 Å². The molecule has 2 atom stereocenters. The van der Waals surface area contributed by atoms with Gasteiger partial charge in [-0.15, -0.1) is 0 Å². The number of phenols is 1. The summed E-state index contributed by atoms with van der Waals surface area (Å²) < 4.78 is 11.2. The van der Waals surface area contributed by atoms with Crippen LogP contribution >= 0.6 is 7.75 Å². The molecular weight excluding hydrogens is 333 g/mol. The Kier molecular flexibility index (Phi) is 5.39. The highest BCUT2D eigenvalue weighted by Gasteiger charge is 2.37. The number of rotatable bonds is 6. The highest BCUT2D eigenvalue weighted by Crippen LogP contribution is 2.36. The van der Waals surface area contributed by atoms with E-state index < -0.39 is 31.1 Å². The van der Waals surface area contributed by atoms with Crippen LogP contribution in [0.5, 0.6) is 5.75 Å². The molecule has 4 N–H and O–H groups in total. The van der Waals surface area contributed by atoms with Crippen LogP contribution in [0.3, 0.4) is 0 Å². The maximum Gasteiger partial charge on any atom is 0.427 e. The predicted octanol–water partition coefficient (Wildman–Crippen LogP) is 1.78. The monoisotopic (exact) mass is 351 g/mol. The summed E-state index contributed by atoms with van der Waals surface area (Å²) in [7, 11) is -4.64. The van der Waals surface area contributed by atoms with Gasteiger partial charge in [-0.25, -0.2) is 4.57 Å². The number of aromatic hydroxyl groups is 1. The van der Waals surface area contributed by atoms with Gasteiger partial charge in [0.15, 0.2) is 11.6 Å². The zero-order valence-electron chi connectivity index (χ0n) is 12.9. The molecule has 128 valence electrons. The SMILES string of the molecule is CCC(C(=O)C1C(=O)C=CC=C1NP(=O)(O)O)c1ccc(O)cc1. The lowest BCUT2D eigenvalue weighted by Gasteiger charge is -2.25. The molecule has 1 aromatic rings. The Balaban J connectivity index is 2.35. The van der Waals surface area contributed by atoms with Crippen LogP contribution in [-0.4, -0.2) is 26.5 Å². The van der Waals surface area contributed by atoms with E-state index in [1.807, 2.05) is 5.09 Å². The second-order valence-electron chi connectivity index (χ2n) is 5.43. The molecule has 24 heavy (non-hydrogen) atoms. The van der Waals surface area contributed by atoms with E-state index in [1.54, 1.807) is 19.1 Å². The number of carbonyl (C=O) groups is 2. The minimum atomic E-state index is -4.64. The quantitative estimate of drug-likeness (QED) is 0.455. The minimum Gasteiger partial charge on any atom is -0.508 e. The van der Waals surface area contributed by atoms with Gasteiger partial charge in [-0.2, -0.15) is 0 Å². The number of hydrogen-bond donors (Lipinski definition) is 4. The molecule has 0 spiro atoms. The van der Waals surface area contributed by atoms with Crippen LogP contribution in [0.2, 0.25) is 0 Å². The largest absolute Gasteiger partial charge is 0.508 e. The molecule has 0 saturated heterocycles. The Morgan fingerprint density at radius 2 is 1.92 bits per heavy atom. The first-order chi connectivity index (χ1) is 11.2. The van der Waals surface area contributed by atoms with Gasteiger partial charge in [0.1, 0.15) is 11.7 Å². The predicted molar refractivity (Wildman–Crippen MR) is 87.0 cm³/mol. The number of allylic oxidation sites excluding steroid dienone is 4. The van der Waals surface area contributed by atoms with Gasteiger partial charge < -0.3 is 14.9 Å². The van der Waals surface area contributed by atoms with E-state index in [4.69, 9.17) is 9.79 Å². The molecule has 1 aliphatic rings. The maximum absolute atomic E-state index is 12.9. The third-order valence-electron chi connectivity index (χ3n) is 3.74. The molecule has 2 rings (SSSR count). The van der Waals surface area contributed by atoms with Crippen LogP contribution in [0, 0.1) is 5.92 Å². The second kappa shape index (κ2) is 7.13. The minimum absolute atomic E-state index is 0.0569. The van der Waals surface area contributed by atoms with E-state index in [0.717, 1.165) is 0 Å². The lowest BCUT2D eigenvalue weighted by atomic mass is 9.81. The van der Waals surface area contributed by atoms with Crippen LogP contribution in [0.4, 0.5) is 0 Å². The molecule has 7 nitrogen and oxygen atoms in total. The molecule has 0 aromatic heterocycles. The second-order valence-corrected chi connectivity index (χ2v) is 6.74. The third kappa shape index (κ3) is 4.20. The summed E-state index contributed by atoms with van der Waals surface area (Å²) in [5.74, 6) is -2.85. The van der Waals surface area contributed by atoms with Gasteiger partial charge in [-0.1, -0.05) is 25.1 Å². The third-order valence-corrected chi connectivity index (χ3v) is 4.29. The molecule has 0 amide bonds. The van der Waals surface area contributed by atoms with Gasteiger partial charge in [0.2, 0.25) is 0 Å². The standard InChI is InChI=1S/C16H18NO6P/c1-2-12(10-6-8-11(18)9-7-10)16(20)15-13(17-24(21,22)23)4-3-5-14(15)19/h3-9,12,15,18H,2H2,1H3,(H3,17,21,22,23). The highest BCUT2D eigenvalue weighted by atomic mass is 31.2. The maximum atomic E-state index is 12.9. The van der Waals surface area contributed by atoms with Crippen LogP contribution in [0.25, 0.3) is 0 Å². The zero-order chi connectivity index (χ0) is 17.9. The fourth-order valence-electron chi connectivity index (χ4n) is 2.66. The molecule has 0 bridgehead atoms. The first kappa shape index (κ1) is 18.1. The smallest absolute Gasteiger partial charge is 0.427 e. The molecule has 1 aromatic carbocycles. The van der Waals surface area contributed by atoms with Crippen molar-refractivity contribution in [2.75, 3.05) is 0 Å². The van der Waals surface area contributed by atoms with E-state index in [0.29, 0.717) is 12.0 Å². The number of hydrogen-bond acceptors (Lipinski definition) is 4. The Hall–Kier alpha value is -2.21. The lowest BCUT2D eigenvalue weighted by Crippen LogP contribution is -2.35. The summed E-state index contributed by atoms with van der Waals surface area (Å²) in [5.41, 5.74) is 0.510. The number of nitrogens with one attached hydrogen (secondary N) is 1. The van der Waals surface area contributed by atoms with Crippen LogP contribution in [-0.2, 0) is 14.2 Å². The van der Waals surface area contributed by atoms with Crippen molar-refractivity contribution in [2.45, 2.75) is 19.3 Å². The van der Waals surface area contributed by atoms with E-state index in [9.17, 15) is 19.3 Å². The zero-order valence-corrected chi connectivity index (χ0v) is 13.8. The van der Waals surface area contributed by atoms with Gasteiger partial charge >= 0.3 is 7.75 Å². The summed E-state index contributed by atoms with van der Waals surface area (Å²) in [6.07, 6.45) is 4.26. The topological polar surface area (TPSA) is 124 Å². The fourth-order valence-corrected chi connectivity index (χ4v) is 3.20.